The van der Waals surface area contributed by atoms with Crippen molar-refractivity contribution in [3.05, 3.63) is 41.9 Å². The summed E-state index contributed by atoms with van der Waals surface area (Å²) < 4.78 is 1.96. The number of aromatic nitrogens is 4. The summed E-state index contributed by atoms with van der Waals surface area (Å²) in [5.74, 6) is 0. The van der Waals surface area contributed by atoms with Gasteiger partial charge < -0.3 is 0 Å². The Morgan fingerprint density at radius 1 is 1.28 bits per heavy atom. The summed E-state index contributed by atoms with van der Waals surface area (Å²) in [5.41, 5.74) is 2.96. The van der Waals surface area contributed by atoms with Gasteiger partial charge in [-0.2, -0.15) is 5.10 Å². The first-order chi connectivity index (χ1) is 8.78. The van der Waals surface area contributed by atoms with Crippen LogP contribution in [-0.4, -0.2) is 19.7 Å². The van der Waals surface area contributed by atoms with E-state index in [0.29, 0.717) is 0 Å². The van der Waals surface area contributed by atoms with E-state index in [4.69, 9.17) is 11.6 Å². The molecule has 0 amide bonds. The Bertz CT molecular complexity index is 705. The molecule has 1 aromatic carbocycles. The average molecular weight is 259 g/mol. The van der Waals surface area contributed by atoms with Gasteiger partial charge in [-0.3, -0.25) is 4.68 Å². The number of fused-ring (bicyclic) bond motifs is 1. The first-order valence-electron chi connectivity index (χ1n) is 5.72. The van der Waals surface area contributed by atoms with Crippen LogP contribution in [0.5, 0.6) is 0 Å². The highest BCUT2D eigenvalue weighted by molar-refractivity contribution is 6.28. The number of halogens is 1. The molecule has 0 unspecified atom stereocenters. The molecule has 0 radical (unpaired) electrons. The van der Waals surface area contributed by atoms with Gasteiger partial charge in [0.25, 0.3) is 0 Å². The Morgan fingerprint density at radius 2 is 2.17 bits per heavy atom. The van der Waals surface area contributed by atoms with Gasteiger partial charge >= 0.3 is 0 Å². The van der Waals surface area contributed by atoms with Crippen LogP contribution in [0.4, 0.5) is 0 Å². The fourth-order valence-corrected chi connectivity index (χ4v) is 2.14. The van der Waals surface area contributed by atoms with Crippen LogP contribution < -0.4 is 0 Å². The number of nitrogens with zero attached hydrogens (tertiary/aromatic N) is 4. The molecule has 0 bridgehead atoms. The Kier molecular flexibility index (Phi) is 2.72. The second-order valence-corrected chi connectivity index (χ2v) is 4.28. The lowest BCUT2D eigenvalue weighted by Gasteiger charge is -2.02. The molecule has 2 aromatic heterocycles. The molecule has 0 N–H and O–H groups in total. The van der Waals surface area contributed by atoms with Crippen molar-refractivity contribution in [2.45, 2.75) is 13.5 Å². The van der Waals surface area contributed by atoms with Crippen molar-refractivity contribution in [1.82, 2.24) is 19.7 Å². The van der Waals surface area contributed by atoms with Crippen LogP contribution >= 0.6 is 11.6 Å². The molecule has 0 aliphatic rings. The van der Waals surface area contributed by atoms with Crippen molar-refractivity contribution in [2.75, 3.05) is 0 Å². The van der Waals surface area contributed by atoms with Gasteiger partial charge in [-0.1, -0.05) is 6.07 Å². The lowest BCUT2D eigenvalue weighted by atomic mass is 10.1. The molecule has 2 heterocycles. The van der Waals surface area contributed by atoms with Gasteiger partial charge in [-0.25, -0.2) is 9.97 Å². The predicted octanol–water partition coefficient (Wildman–Crippen LogP) is 3.17. The highest BCUT2D eigenvalue weighted by Gasteiger charge is 2.05. The third-order valence-corrected chi connectivity index (χ3v) is 3.05. The molecular weight excluding hydrogens is 248 g/mol. The molecule has 3 aromatic rings. The number of hydrogen-bond donors (Lipinski definition) is 0. The number of rotatable bonds is 2. The van der Waals surface area contributed by atoms with Crippen LogP contribution in [0.3, 0.4) is 0 Å². The minimum atomic E-state index is 0.261. The third-order valence-electron chi connectivity index (χ3n) is 2.86. The zero-order valence-electron chi connectivity index (χ0n) is 9.84. The summed E-state index contributed by atoms with van der Waals surface area (Å²) in [7, 11) is 0. The maximum atomic E-state index is 5.80. The Hall–Kier alpha value is -1.94. The average Bonchev–Trinajstić information content (AvgIpc) is 2.80. The van der Waals surface area contributed by atoms with Crippen molar-refractivity contribution in [3.63, 3.8) is 0 Å². The molecular formula is C13H11ClN4. The number of aryl methyl sites for hydroxylation is 1. The number of benzene rings is 1. The molecule has 3 rings (SSSR count). The SMILES string of the molecule is CCn1ncc2cc(-c3ccnc(Cl)n3)ccc21. The molecule has 4 nitrogen and oxygen atoms in total. The minimum Gasteiger partial charge on any atom is -0.265 e. The molecule has 0 atom stereocenters. The summed E-state index contributed by atoms with van der Waals surface area (Å²) >= 11 is 5.80. The van der Waals surface area contributed by atoms with Gasteiger partial charge in [-0.15, -0.1) is 0 Å². The fraction of sp³-hybridized carbons (Fsp3) is 0.154. The van der Waals surface area contributed by atoms with Crippen LogP contribution in [-0.2, 0) is 6.54 Å². The van der Waals surface area contributed by atoms with Crippen molar-refractivity contribution in [2.24, 2.45) is 0 Å². The minimum absolute atomic E-state index is 0.261. The van der Waals surface area contributed by atoms with Crippen LogP contribution in [0.1, 0.15) is 6.92 Å². The van der Waals surface area contributed by atoms with Gasteiger partial charge in [0, 0.05) is 23.7 Å². The molecule has 0 spiro atoms. The monoisotopic (exact) mass is 258 g/mol. The zero-order chi connectivity index (χ0) is 12.5. The molecule has 90 valence electrons. The lowest BCUT2D eigenvalue weighted by Crippen LogP contribution is -1.94. The number of hydrogen-bond acceptors (Lipinski definition) is 3. The Labute approximate surface area is 109 Å². The first kappa shape index (κ1) is 11.2. The summed E-state index contributed by atoms with van der Waals surface area (Å²) in [5, 5.41) is 5.69. The highest BCUT2D eigenvalue weighted by atomic mass is 35.5. The summed E-state index contributed by atoms with van der Waals surface area (Å²) in [6, 6.07) is 7.98. The summed E-state index contributed by atoms with van der Waals surface area (Å²) in [6.45, 7) is 2.94. The van der Waals surface area contributed by atoms with Crippen molar-refractivity contribution in [3.8, 4) is 11.3 Å². The maximum absolute atomic E-state index is 5.80. The summed E-state index contributed by atoms with van der Waals surface area (Å²) in [6.07, 6.45) is 3.52. The molecule has 0 aliphatic carbocycles. The van der Waals surface area contributed by atoms with Crippen molar-refractivity contribution >= 4 is 22.5 Å². The normalized spacial score (nSPS) is 11.0. The van der Waals surface area contributed by atoms with E-state index >= 15 is 0 Å². The predicted molar refractivity (Wildman–Crippen MR) is 71.4 cm³/mol. The van der Waals surface area contributed by atoms with E-state index in [1.807, 2.05) is 23.0 Å². The van der Waals surface area contributed by atoms with E-state index in [1.165, 1.54) is 0 Å². The zero-order valence-corrected chi connectivity index (χ0v) is 10.6. The molecule has 18 heavy (non-hydrogen) atoms. The van der Waals surface area contributed by atoms with E-state index in [9.17, 15) is 0 Å². The van der Waals surface area contributed by atoms with Gasteiger partial charge in [0.2, 0.25) is 5.28 Å². The van der Waals surface area contributed by atoms with Crippen LogP contribution in [0, 0.1) is 0 Å². The smallest absolute Gasteiger partial charge is 0.222 e. The van der Waals surface area contributed by atoms with E-state index < -0.39 is 0 Å². The van der Waals surface area contributed by atoms with Crippen molar-refractivity contribution in [1.29, 1.82) is 0 Å². The Morgan fingerprint density at radius 3 is 2.94 bits per heavy atom. The van der Waals surface area contributed by atoms with Crippen LogP contribution in [0.25, 0.3) is 22.2 Å². The highest BCUT2D eigenvalue weighted by Crippen LogP contribution is 2.23. The maximum Gasteiger partial charge on any atom is 0.222 e. The lowest BCUT2D eigenvalue weighted by molar-refractivity contribution is 0.684. The van der Waals surface area contributed by atoms with E-state index in [2.05, 4.69) is 34.1 Å². The van der Waals surface area contributed by atoms with E-state index in [-0.39, 0.29) is 5.28 Å². The van der Waals surface area contributed by atoms with Gasteiger partial charge in [-0.05, 0) is 36.7 Å². The quantitative estimate of drug-likeness (QED) is 0.663. The molecule has 0 fully saturated rings. The van der Waals surface area contributed by atoms with Crippen LogP contribution in [0.2, 0.25) is 5.28 Å². The standard InChI is InChI=1S/C13H11ClN4/c1-2-18-12-4-3-9(7-10(12)8-16-18)11-5-6-15-13(14)17-11/h3-8H,2H2,1H3. The first-order valence-corrected chi connectivity index (χ1v) is 6.10. The topological polar surface area (TPSA) is 43.6 Å². The van der Waals surface area contributed by atoms with Crippen LogP contribution in [0.15, 0.2) is 36.7 Å². The summed E-state index contributed by atoms with van der Waals surface area (Å²) in [4.78, 5) is 8.09. The van der Waals surface area contributed by atoms with E-state index in [0.717, 1.165) is 28.7 Å². The van der Waals surface area contributed by atoms with Gasteiger partial charge in [0.15, 0.2) is 0 Å². The van der Waals surface area contributed by atoms with Crippen molar-refractivity contribution < 1.29 is 0 Å². The molecule has 0 aliphatic heterocycles. The second-order valence-electron chi connectivity index (χ2n) is 3.94. The molecule has 5 heteroatoms. The fourth-order valence-electron chi connectivity index (χ4n) is 1.99. The molecule has 0 saturated heterocycles. The third kappa shape index (κ3) is 1.84. The van der Waals surface area contributed by atoms with Gasteiger partial charge in [0.1, 0.15) is 0 Å². The van der Waals surface area contributed by atoms with Gasteiger partial charge in [0.05, 0.1) is 17.4 Å². The largest absolute Gasteiger partial charge is 0.265 e. The molecule has 0 saturated carbocycles. The van der Waals surface area contributed by atoms with E-state index in [1.54, 1.807) is 6.20 Å². The Balaban J connectivity index is 2.14. The second kappa shape index (κ2) is 4.38.